The van der Waals surface area contributed by atoms with Crippen LogP contribution in [0.15, 0.2) is 44.8 Å². The summed E-state index contributed by atoms with van der Waals surface area (Å²) in [4.78, 5) is 0.776. The molecule has 25 heavy (non-hydrogen) atoms. The molecule has 5 rings (SSSR count). The van der Waals surface area contributed by atoms with Crippen LogP contribution in [-0.2, 0) is 23.3 Å². The van der Waals surface area contributed by atoms with Crippen molar-refractivity contribution in [3.63, 3.8) is 0 Å². The number of thiophene rings is 1. The highest BCUT2D eigenvalue weighted by molar-refractivity contribution is 7.91. The number of hydrogen-bond acceptors (Lipinski definition) is 4. The van der Waals surface area contributed by atoms with E-state index >= 15 is 0 Å². The Hall–Kier alpha value is -1.34. The molecule has 1 saturated heterocycles. The van der Waals surface area contributed by atoms with E-state index in [1.54, 1.807) is 22.9 Å². The second kappa shape index (κ2) is 5.84. The normalized spacial score (nSPS) is 22.0. The summed E-state index contributed by atoms with van der Waals surface area (Å²) in [5.74, 6) is 0. The van der Waals surface area contributed by atoms with Gasteiger partial charge in [0.05, 0.1) is 9.79 Å². The third kappa shape index (κ3) is 2.39. The Morgan fingerprint density at radius 1 is 1.20 bits per heavy atom. The summed E-state index contributed by atoms with van der Waals surface area (Å²) in [5.41, 5.74) is 3.79. The molecule has 4 heterocycles. The lowest BCUT2D eigenvalue weighted by Crippen LogP contribution is -2.32. The van der Waals surface area contributed by atoms with Gasteiger partial charge < -0.3 is 9.88 Å². The zero-order valence-electron chi connectivity index (χ0n) is 13.7. The number of nitrogens with zero attached hydrogens (tertiary/aromatic N) is 1. The monoisotopic (exact) mass is 394 g/mol. The van der Waals surface area contributed by atoms with Gasteiger partial charge in [0.1, 0.15) is 0 Å². The summed E-state index contributed by atoms with van der Waals surface area (Å²) in [6.45, 7) is 0. The van der Waals surface area contributed by atoms with Crippen LogP contribution in [-0.4, -0.2) is 19.0 Å². The van der Waals surface area contributed by atoms with Crippen molar-refractivity contribution in [2.45, 2.75) is 41.1 Å². The molecular formula is C18H19ClN2O2S2. The third-order valence-corrected chi connectivity index (χ3v) is 8.06. The van der Waals surface area contributed by atoms with Gasteiger partial charge in [-0.25, -0.2) is 8.42 Å². The number of hydrogen-bond donors (Lipinski definition) is 1. The summed E-state index contributed by atoms with van der Waals surface area (Å²) in [6, 6.07) is 8.18. The maximum absolute atomic E-state index is 12.9. The maximum atomic E-state index is 12.9. The standard InChI is InChI=1S/C18H18N2O2S2.ClH/c1-20-16-5-3-12(24(21,22)13-6-7-23-10-13)9-14(16)18-15-4-2-11(19-15)8-17(18)20;/h3,5-7,9-11,15,19H,2,4,8H2,1H3;1H. The number of benzene rings is 1. The molecule has 2 unspecified atom stereocenters. The number of sulfone groups is 1. The number of aryl methyl sites for hydroxylation is 1. The van der Waals surface area contributed by atoms with Gasteiger partial charge >= 0.3 is 0 Å². The first-order valence-electron chi connectivity index (χ1n) is 8.20. The number of nitrogens with one attached hydrogen (secondary N) is 1. The molecule has 1 fully saturated rings. The molecule has 1 N–H and O–H groups in total. The van der Waals surface area contributed by atoms with E-state index in [0.29, 0.717) is 21.9 Å². The van der Waals surface area contributed by atoms with Gasteiger partial charge in [0.25, 0.3) is 0 Å². The van der Waals surface area contributed by atoms with Gasteiger partial charge in [-0.2, -0.15) is 11.3 Å². The Morgan fingerprint density at radius 2 is 2.04 bits per heavy atom. The lowest BCUT2D eigenvalue weighted by molar-refractivity contribution is 0.503. The van der Waals surface area contributed by atoms with Crippen molar-refractivity contribution in [3.05, 3.63) is 46.3 Å². The average Bonchev–Trinajstić information content (AvgIpc) is 3.29. The largest absolute Gasteiger partial charge is 0.347 e. The van der Waals surface area contributed by atoms with Crippen molar-refractivity contribution in [2.75, 3.05) is 0 Å². The van der Waals surface area contributed by atoms with Crippen LogP contribution in [0.1, 0.15) is 30.1 Å². The Balaban J connectivity index is 0.00000157. The number of fused-ring (bicyclic) bond motifs is 6. The fourth-order valence-corrected chi connectivity index (χ4v) is 6.61. The minimum Gasteiger partial charge on any atom is -0.347 e. The lowest BCUT2D eigenvalue weighted by Gasteiger charge is -2.23. The molecule has 2 aliphatic rings. The predicted molar refractivity (Wildman–Crippen MR) is 103 cm³/mol. The van der Waals surface area contributed by atoms with Crippen LogP contribution in [0.2, 0.25) is 0 Å². The van der Waals surface area contributed by atoms with Crippen LogP contribution in [0.4, 0.5) is 0 Å². The van der Waals surface area contributed by atoms with Gasteiger partial charge in [0, 0.05) is 47.5 Å². The first-order chi connectivity index (χ1) is 11.6. The molecule has 0 aliphatic carbocycles. The van der Waals surface area contributed by atoms with Gasteiger partial charge in [0.2, 0.25) is 9.84 Å². The van der Waals surface area contributed by atoms with Crippen LogP contribution in [0.5, 0.6) is 0 Å². The van der Waals surface area contributed by atoms with Gasteiger partial charge in [0.15, 0.2) is 0 Å². The quantitative estimate of drug-likeness (QED) is 0.718. The minimum atomic E-state index is -3.44. The van der Waals surface area contributed by atoms with E-state index in [4.69, 9.17) is 0 Å². The van der Waals surface area contributed by atoms with Crippen molar-refractivity contribution >= 4 is 44.5 Å². The highest BCUT2D eigenvalue weighted by Gasteiger charge is 2.36. The van der Waals surface area contributed by atoms with Crippen LogP contribution in [0, 0.1) is 0 Å². The molecule has 1 aromatic carbocycles. The van der Waals surface area contributed by atoms with Gasteiger partial charge in [-0.15, -0.1) is 12.4 Å². The van der Waals surface area contributed by atoms with Crippen molar-refractivity contribution < 1.29 is 8.42 Å². The van der Waals surface area contributed by atoms with E-state index in [0.717, 1.165) is 23.7 Å². The molecule has 7 heteroatoms. The van der Waals surface area contributed by atoms with Crippen LogP contribution >= 0.6 is 23.7 Å². The molecule has 0 radical (unpaired) electrons. The average molecular weight is 395 g/mol. The van der Waals surface area contributed by atoms with Crippen molar-refractivity contribution in [3.8, 4) is 0 Å². The fraction of sp³-hybridized carbons (Fsp3) is 0.333. The molecule has 3 aromatic rings. The summed E-state index contributed by atoms with van der Waals surface area (Å²) in [7, 11) is -1.34. The molecule has 4 nitrogen and oxygen atoms in total. The SMILES string of the molecule is Cl.Cn1c2c(c3cc(S(=O)(=O)c4ccsc4)ccc31)C1CCC(C2)N1. The van der Waals surface area contributed by atoms with Crippen molar-refractivity contribution in [2.24, 2.45) is 7.05 Å². The van der Waals surface area contributed by atoms with Gasteiger partial charge in [-0.1, -0.05) is 0 Å². The maximum Gasteiger partial charge on any atom is 0.207 e. The van der Waals surface area contributed by atoms with Crippen LogP contribution in [0.3, 0.4) is 0 Å². The predicted octanol–water partition coefficient (Wildman–Crippen LogP) is 3.84. The highest BCUT2D eigenvalue weighted by Crippen LogP contribution is 2.42. The van der Waals surface area contributed by atoms with Crippen LogP contribution in [0.25, 0.3) is 10.9 Å². The second-order valence-electron chi connectivity index (χ2n) is 6.76. The topological polar surface area (TPSA) is 51.1 Å². The molecule has 0 saturated carbocycles. The zero-order chi connectivity index (χ0) is 16.5. The van der Waals surface area contributed by atoms with Crippen molar-refractivity contribution in [1.82, 2.24) is 9.88 Å². The molecule has 132 valence electrons. The van der Waals surface area contributed by atoms with E-state index < -0.39 is 9.84 Å². The number of halogens is 1. The van der Waals surface area contributed by atoms with Gasteiger partial charge in [-0.3, -0.25) is 0 Å². The van der Waals surface area contributed by atoms with Crippen LogP contribution < -0.4 is 5.32 Å². The van der Waals surface area contributed by atoms with E-state index in [1.165, 1.54) is 29.0 Å². The first kappa shape index (κ1) is 17.1. The Kier molecular flexibility index (Phi) is 3.99. The lowest BCUT2D eigenvalue weighted by atomic mass is 9.99. The fourth-order valence-electron chi connectivity index (χ4n) is 4.29. The molecule has 2 aromatic heterocycles. The van der Waals surface area contributed by atoms with E-state index in [9.17, 15) is 8.42 Å². The van der Waals surface area contributed by atoms with E-state index in [2.05, 4.69) is 16.9 Å². The zero-order valence-corrected chi connectivity index (χ0v) is 16.2. The molecular weight excluding hydrogens is 376 g/mol. The molecule has 0 spiro atoms. The summed E-state index contributed by atoms with van der Waals surface area (Å²) in [5, 5.41) is 8.26. The summed E-state index contributed by atoms with van der Waals surface area (Å²) < 4.78 is 28.0. The number of aromatic nitrogens is 1. The van der Waals surface area contributed by atoms with E-state index in [1.807, 2.05) is 12.1 Å². The second-order valence-corrected chi connectivity index (χ2v) is 9.49. The Labute approximate surface area is 157 Å². The first-order valence-corrected chi connectivity index (χ1v) is 10.6. The Morgan fingerprint density at radius 3 is 2.80 bits per heavy atom. The number of rotatable bonds is 2. The van der Waals surface area contributed by atoms with E-state index in [-0.39, 0.29) is 12.4 Å². The highest BCUT2D eigenvalue weighted by atomic mass is 35.5. The third-order valence-electron chi connectivity index (χ3n) is 5.48. The smallest absolute Gasteiger partial charge is 0.207 e. The Bertz CT molecular complexity index is 1050. The van der Waals surface area contributed by atoms with Gasteiger partial charge in [-0.05, 0) is 48.1 Å². The van der Waals surface area contributed by atoms with Crippen molar-refractivity contribution in [1.29, 1.82) is 0 Å². The molecule has 0 amide bonds. The molecule has 2 bridgehead atoms. The summed E-state index contributed by atoms with van der Waals surface area (Å²) >= 11 is 1.41. The molecule has 2 aliphatic heterocycles. The minimum absolute atomic E-state index is 0. The summed E-state index contributed by atoms with van der Waals surface area (Å²) in [6.07, 6.45) is 3.37. The molecule has 2 atom stereocenters.